The van der Waals surface area contributed by atoms with Crippen molar-refractivity contribution in [3.8, 4) is 0 Å². The Morgan fingerprint density at radius 3 is 2.02 bits per heavy atom. The van der Waals surface area contributed by atoms with Crippen LogP contribution in [0.5, 0.6) is 0 Å². The van der Waals surface area contributed by atoms with E-state index in [2.05, 4.69) is 0 Å². The molecule has 4 atom stereocenters. The zero-order chi connectivity index (χ0) is 33.3. The van der Waals surface area contributed by atoms with Crippen molar-refractivity contribution in [1.82, 2.24) is 9.80 Å². The van der Waals surface area contributed by atoms with Crippen molar-refractivity contribution in [2.24, 2.45) is 11.7 Å². The first-order valence-corrected chi connectivity index (χ1v) is 17.3. The monoisotopic (exact) mass is 633 g/mol. The number of ketones is 1. The van der Waals surface area contributed by atoms with Crippen LogP contribution in [0.4, 0.5) is 13.2 Å². The van der Waals surface area contributed by atoms with Crippen LogP contribution in [0.2, 0.25) is 18.1 Å². The van der Waals surface area contributed by atoms with Crippen LogP contribution in [0.25, 0.3) is 5.70 Å². The van der Waals surface area contributed by atoms with Crippen LogP contribution in [-0.4, -0.2) is 71.4 Å². The van der Waals surface area contributed by atoms with E-state index in [1.54, 1.807) is 55.5 Å². The number of amides is 2. The molecule has 0 spiro atoms. The molecule has 12 heteroatoms. The second kappa shape index (κ2) is 13.0. The van der Waals surface area contributed by atoms with Crippen LogP contribution >= 0.6 is 0 Å². The molecule has 0 bridgehead atoms. The molecule has 240 valence electrons. The summed E-state index contributed by atoms with van der Waals surface area (Å²) >= 11 is 0. The predicted molar refractivity (Wildman–Crippen MR) is 164 cm³/mol. The molecule has 1 aliphatic heterocycles. The maximum absolute atomic E-state index is 14.3. The van der Waals surface area contributed by atoms with Crippen LogP contribution in [0, 0.1) is 5.92 Å². The lowest BCUT2D eigenvalue weighted by Crippen LogP contribution is -2.63. The molecule has 8 nitrogen and oxygen atoms in total. The van der Waals surface area contributed by atoms with Crippen LogP contribution in [0.15, 0.2) is 66.9 Å². The number of carbonyl (C=O) groups is 3. The second-order valence-electron chi connectivity index (χ2n) is 12.8. The number of rotatable bonds is 10. The van der Waals surface area contributed by atoms with Gasteiger partial charge in [-0.15, -0.1) is 0 Å². The highest BCUT2D eigenvalue weighted by molar-refractivity contribution is 6.74. The minimum Gasteiger partial charge on any atom is -0.412 e. The molecule has 3 rings (SSSR count). The highest BCUT2D eigenvalue weighted by Crippen LogP contribution is 2.40. The third kappa shape index (κ3) is 7.48. The molecule has 0 aromatic heterocycles. The van der Waals surface area contributed by atoms with Crippen molar-refractivity contribution >= 4 is 31.6 Å². The summed E-state index contributed by atoms with van der Waals surface area (Å²) in [6, 6.07) is 15.1. The van der Waals surface area contributed by atoms with Crippen molar-refractivity contribution in [2.45, 2.75) is 83.2 Å². The largest absolute Gasteiger partial charge is 0.431 e. The fraction of sp³-hybridized carbons (Fsp3) is 0.469. The van der Waals surface area contributed by atoms with Gasteiger partial charge in [-0.2, -0.15) is 13.2 Å². The lowest BCUT2D eigenvalue weighted by molar-refractivity contribution is -0.274. The van der Waals surface area contributed by atoms with E-state index in [0.29, 0.717) is 11.1 Å². The van der Waals surface area contributed by atoms with Crippen LogP contribution in [-0.2, 0) is 25.2 Å². The highest BCUT2D eigenvalue weighted by Gasteiger charge is 2.58. The molecule has 0 saturated carbocycles. The summed E-state index contributed by atoms with van der Waals surface area (Å²) in [7, 11) is -2.46. The third-order valence-corrected chi connectivity index (χ3v) is 13.1. The Morgan fingerprint density at radius 1 is 1.02 bits per heavy atom. The molecule has 2 aromatic rings. The summed E-state index contributed by atoms with van der Waals surface area (Å²) in [6.07, 6.45) is -5.26. The molecule has 1 aliphatic rings. The summed E-state index contributed by atoms with van der Waals surface area (Å²) in [5.74, 6) is -4.39. The van der Waals surface area contributed by atoms with Crippen LogP contribution < -0.4 is 5.73 Å². The standard InChI is InChI=1S/C32H42F3N3O5Si/c1-21(43-44(6,7)30(3,4)5)28-29(41)38(26(19-37(28)22(2)39)24-16-12-9-13-17-24)20-27(40)25(31(36,42)32(33,34)35)18-23-14-10-8-11-15-23/h8-17,19,21,25,28,42H,18,20,36H2,1-7H3. The number of carbonyl (C=O) groups excluding carboxylic acids is 3. The minimum atomic E-state index is -5.34. The molecule has 4 unspecified atom stereocenters. The number of hydrogen-bond donors (Lipinski definition) is 2. The van der Waals surface area contributed by atoms with Crippen molar-refractivity contribution in [3.63, 3.8) is 0 Å². The van der Waals surface area contributed by atoms with E-state index in [-0.39, 0.29) is 10.7 Å². The topological polar surface area (TPSA) is 113 Å². The van der Waals surface area contributed by atoms with E-state index in [1.165, 1.54) is 30.2 Å². The zero-order valence-corrected chi connectivity index (χ0v) is 27.2. The SMILES string of the molecule is CC(=O)N1C=C(c2ccccc2)N(CC(=O)C(Cc2ccccc2)C(N)(O)C(F)(F)F)C(=O)C1C(C)O[Si](C)(C)C(C)(C)C. The van der Waals surface area contributed by atoms with E-state index in [9.17, 15) is 32.7 Å². The predicted octanol–water partition coefficient (Wildman–Crippen LogP) is 5.09. The Hall–Kier alpha value is -3.32. The molecule has 0 saturated heterocycles. The van der Waals surface area contributed by atoms with E-state index in [0.717, 1.165) is 4.90 Å². The van der Waals surface area contributed by atoms with Gasteiger partial charge in [0.15, 0.2) is 14.1 Å². The van der Waals surface area contributed by atoms with Gasteiger partial charge < -0.3 is 19.3 Å². The van der Waals surface area contributed by atoms with Crippen molar-refractivity contribution in [1.29, 1.82) is 0 Å². The maximum Gasteiger partial charge on any atom is 0.431 e. The van der Waals surface area contributed by atoms with E-state index < -0.39 is 68.8 Å². The lowest BCUT2D eigenvalue weighted by Gasteiger charge is -2.45. The smallest absolute Gasteiger partial charge is 0.412 e. The lowest BCUT2D eigenvalue weighted by atomic mass is 9.84. The normalized spacial score (nSPS) is 19.2. The molecule has 0 fully saturated rings. The van der Waals surface area contributed by atoms with E-state index in [1.807, 2.05) is 33.9 Å². The fourth-order valence-corrected chi connectivity index (χ4v) is 6.34. The second-order valence-corrected chi connectivity index (χ2v) is 17.5. The zero-order valence-electron chi connectivity index (χ0n) is 26.2. The van der Waals surface area contributed by atoms with Gasteiger partial charge in [0.1, 0.15) is 6.04 Å². The number of aliphatic hydroxyl groups is 1. The van der Waals surface area contributed by atoms with Crippen LogP contribution in [0.1, 0.15) is 45.7 Å². The molecule has 44 heavy (non-hydrogen) atoms. The summed E-state index contributed by atoms with van der Waals surface area (Å²) in [4.78, 5) is 43.4. The number of nitrogens with two attached hydrogens (primary N) is 1. The summed E-state index contributed by atoms with van der Waals surface area (Å²) in [5.41, 5.74) is 2.51. The van der Waals surface area contributed by atoms with Gasteiger partial charge in [0.05, 0.1) is 24.3 Å². The fourth-order valence-electron chi connectivity index (χ4n) is 4.93. The number of Topliss-reactive ketones (excluding diaryl/α,β-unsaturated/α-hetero) is 1. The summed E-state index contributed by atoms with van der Waals surface area (Å²) < 4.78 is 48.6. The van der Waals surface area contributed by atoms with E-state index in [4.69, 9.17) is 10.2 Å². The molecular formula is C32H42F3N3O5Si. The number of hydrogen-bond acceptors (Lipinski definition) is 6. The average molecular weight is 634 g/mol. The van der Waals surface area contributed by atoms with Gasteiger partial charge >= 0.3 is 6.18 Å². The Morgan fingerprint density at radius 2 is 1.55 bits per heavy atom. The van der Waals surface area contributed by atoms with Crippen molar-refractivity contribution in [2.75, 3.05) is 6.54 Å². The van der Waals surface area contributed by atoms with Gasteiger partial charge in [0, 0.05) is 13.1 Å². The van der Waals surface area contributed by atoms with Gasteiger partial charge in [0.2, 0.25) is 11.6 Å². The van der Waals surface area contributed by atoms with Gasteiger partial charge in [0.25, 0.3) is 5.91 Å². The van der Waals surface area contributed by atoms with Crippen LogP contribution in [0.3, 0.4) is 0 Å². The summed E-state index contributed by atoms with van der Waals surface area (Å²) in [6.45, 7) is 12.2. The molecule has 3 N–H and O–H groups in total. The first-order chi connectivity index (χ1) is 20.2. The average Bonchev–Trinajstić information content (AvgIpc) is 2.91. The number of halogens is 3. The van der Waals surface area contributed by atoms with Gasteiger partial charge in [-0.05, 0) is 42.6 Å². The number of nitrogens with zero attached hydrogens (tertiary/aromatic N) is 2. The maximum atomic E-state index is 14.3. The Balaban J connectivity index is 2.12. The van der Waals surface area contributed by atoms with Gasteiger partial charge in [-0.1, -0.05) is 81.4 Å². The summed E-state index contributed by atoms with van der Waals surface area (Å²) in [5, 5.41) is 10.3. The molecule has 1 heterocycles. The van der Waals surface area contributed by atoms with Gasteiger partial charge in [-0.25, -0.2) is 0 Å². The Kier molecular flexibility index (Phi) is 10.4. The Labute approximate surface area is 257 Å². The van der Waals surface area contributed by atoms with Crippen molar-refractivity contribution in [3.05, 3.63) is 78.0 Å². The third-order valence-electron chi connectivity index (χ3n) is 8.51. The van der Waals surface area contributed by atoms with Crippen molar-refractivity contribution < 1.29 is 37.1 Å². The molecule has 2 aromatic carbocycles. The molecular weight excluding hydrogens is 591 g/mol. The number of benzene rings is 2. The minimum absolute atomic E-state index is 0.140. The first-order valence-electron chi connectivity index (χ1n) is 14.4. The molecule has 2 amide bonds. The number of alkyl halides is 3. The van der Waals surface area contributed by atoms with Gasteiger partial charge in [-0.3, -0.25) is 20.1 Å². The Bertz CT molecular complexity index is 1370. The highest BCUT2D eigenvalue weighted by atomic mass is 28.4. The quantitative estimate of drug-likeness (QED) is 0.278. The molecule has 0 radical (unpaired) electrons. The first kappa shape index (κ1) is 35.2. The molecule has 0 aliphatic carbocycles. The van der Waals surface area contributed by atoms with E-state index >= 15 is 0 Å².